The van der Waals surface area contributed by atoms with Crippen molar-refractivity contribution in [1.29, 1.82) is 0 Å². The Balaban J connectivity index is 1.56. The fraction of sp³-hybridized carbons (Fsp3) is 0.350. The van der Waals surface area contributed by atoms with Crippen molar-refractivity contribution in [2.24, 2.45) is 11.8 Å². The third-order valence-corrected chi connectivity index (χ3v) is 6.38. The van der Waals surface area contributed by atoms with E-state index in [1.54, 1.807) is 0 Å². The van der Waals surface area contributed by atoms with Gasteiger partial charge in [0.25, 0.3) is 0 Å². The van der Waals surface area contributed by atoms with Gasteiger partial charge < -0.3 is 5.32 Å². The molecule has 2 aromatic rings. The Kier molecular flexibility index (Phi) is 6.10. The Labute approximate surface area is 163 Å². The van der Waals surface area contributed by atoms with Gasteiger partial charge >= 0.3 is 0 Å². The van der Waals surface area contributed by atoms with Gasteiger partial charge in [0.2, 0.25) is 15.9 Å². The molecule has 2 aromatic carbocycles. The second kappa shape index (κ2) is 8.36. The lowest BCUT2D eigenvalue weighted by atomic mass is 10.0. The molecule has 8 heteroatoms. The molecule has 0 spiro atoms. The minimum Gasteiger partial charge on any atom is -0.349 e. The molecule has 0 saturated heterocycles. The van der Waals surface area contributed by atoms with Crippen LogP contribution >= 0.6 is 0 Å². The zero-order chi connectivity index (χ0) is 20.3. The number of benzene rings is 2. The van der Waals surface area contributed by atoms with Crippen molar-refractivity contribution in [3.63, 3.8) is 0 Å². The number of carbonyl (C=O) groups excluding carboxylic acids is 1. The predicted octanol–water partition coefficient (Wildman–Crippen LogP) is 3.15. The Morgan fingerprint density at radius 3 is 2.43 bits per heavy atom. The summed E-state index contributed by atoms with van der Waals surface area (Å²) >= 11 is 0. The second-order valence-electron chi connectivity index (χ2n) is 7.06. The van der Waals surface area contributed by atoms with E-state index in [1.165, 1.54) is 0 Å². The van der Waals surface area contributed by atoms with E-state index in [9.17, 15) is 22.0 Å². The first-order valence-electron chi connectivity index (χ1n) is 9.07. The van der Waals surface area contributed by atoms with E-state index in [1.807, 2.05) is 30.3 Å². The van der Waals surface area contributed by atoms with Crippen LogP contribution in [0, 0.1) is 23.5 Å². The van der Waals surface area contributed by atoms with Crippen molar-refractivity contribution in [3.8, 4) is 0 Å². The zero-order valence-electron chi connectivity index (χ0n) is 15.4. The summed E-state index contributed by atoms with van der Waals surface area (Å²) in [6, 6.07) is 11.9. The minimum absolute atomic E-state index is 0.0622. The molecule has 1 aliphatic rings. The molecular formula is C20H22F2N2O3S. The Morgan fingerprint density at radius 2 is 1.82 bits per heavy atom. The van der Waals surface area contributed by atoms with Crippen LogP contribution < -0.4 is 10.0 Å². The highest BCUT2D eigenvalue weighted by Crippen LogP contribution is 2.46. The summed E-state index contributed by atoms with van der Waals surface area (Å²) in [6.07, 6.45) is 0.968. The molecule has 1 amide bonds. The third-order valence-electron chi connectivity index (χ3n) is 4.92. The summed E-state index contributed by atoms with van der Waals surface area (Å²) in [7, 11) is -4.03. The van der Waals surface area contributed by atoms with Crippen LogP contribution in [-0.4, -0.2) is 20.9 Å². The van der Waals surface area contributed by atoms with Gasteiger partial charge in [0.15, 0.2) is 11.6 Å². The molecule has 0 heterocycles. The van der Waals surface area contributed by atoms with Crippen molar-refractivity contribution in [2.75, 3.05) is 6.54 Å². The third kappa shape index (κ3) is 4.94. The van der Waals surface area contributed by atoms with Crippen molar-refractivity contribution in [3.05, 3.63) is 65.7 Å². The van der Waals surface area contributed by atoms with Gasteiger partial charge in [0, 0.05) is 13.0 Å². The minimum atomic E-state index is -4.03. The Bertz CT molecular complexity index is 951. The van der Waals surface area contributed by atoms with E-state index in [-0.39, 0.29) is 29.8 Å². The maximum absolute atomic E-state index is 13.2. The van der Waals surface area contributed by atoms with E-state index in [0.717, 1.165) is 24.1 Å². The number of hydrogen-bond donors (Lipinski definition) is 2. The smallest absolute Gasteiger partial charge is 0.240 e. The molecule has 0 aliphatic heterocycles. The lowest BCUT2D eigenvalue weighted by Crippen LogP contribution is -2.34. The summed E-state index contributed by atoms with van der Waals surface area (Å²) in [4.78, 5) is 11.9. The van der Waals surface area contributed by atoms with Crippen molar-refractivity contribution >= 4 is 15.9 Å². The van der Waals surface area contributed by atoms with Crippen LogP contribution in [0.15, 0.2) is 53.4 Å². The lowest BCUT2D eigenvalue weighted by Gasteiger charge is -2.19. The topological polar surface area (TPSA) is 75.3 Å². The molecule has 0 aromatic heterocycles. The summed E-state index contributed by atoms with van der Waals surface area (Å²) in [6.45, 7) is 1.98. The zero-order valence-corrected chi connectivity index (χ0v) is 16.2. The highest BCUT2D eigenvalue weighted by atomic mass is 32.2. The molecule has 3 rings (SSSR count). The fourth-order valence-corrected chi connectivity index (χ4v) is 4.23. The number of halogens is 2. The van der Waals surface area contributed by atoms with Gasteiger partial charge in [-0.25, -0.2) is 21.9 Å². The van der Waals surface area contributed by atoms with Gasteiger partial charge in [0.1, 0.15) is 0 Å². The fourth-order valence-electron chi connectivity index (χ4n) is 3.19. The monoisotopic (exact) mass is 408 g/mol. The molecule has 1 saturated carbocycles. The van der Waals surface area contributed by atoms with Crippen molar-refractivity contribution < 1.29 is 22.0 Å². The first kappa shape index (κ1) is 20.4. The van der Waals surface area contributed by atoms with E-state index < -0.39 is 21.7 Å². The molecule has 28 heavy (non-hydrogen) atoms. The average Bonchev–Trinajstić information content (AvgIpc) is 3.38. The van der Waals surface area contributed by atoms with Crippen LogP contribution in [0.4, 0.5) is 8.78 Å². The van der Waals surface area contributed by atoms with Gasteiger partial charge in [-0.05, 0) is 42.0 Å². The molecule has 2 N–H and O–H groups in total. The van der Waals surface area contributed by atoms with Gasteiger partial charge in [-0.3, -0.25) is 4.79 Å². The van der Waals surface area contributed by atoms with Crippen LogP contribution in [0.1, 0.15) is 31.4 Å². The number of rotatable bonds is 8. The standard InChI is InChI=1S/C20H22F2N2O3S/c1-13-11-16(13)20(14-5-3-2-4-6-14)24-19(25)9-10-23-28(26,27)15-7-8-17(21)18(22)12-15/h2-8,12-13,16,20,23H,9-11H2,1H3,(H,24,25). The summed E-state index contributed by atoms with van der Waals surface area (Å²) in [5.41, 5.74) is 1.02. The number of carbonyl (C=O) groups is 1. The van der Waals surface area contributed by atoms with E-state index in [0.29, 0.717) is 17.9 Å². The number of sulfonamides is 1. The van der Waals surface area contributed by atoms with Crippen molar-refractivity contribution in [1.82, 2.24) is 10.0 Å². The highest BCUT2D eigenvalue weighted by Gasteiger charge is 2.40. The molecule has 150 valence electrons. The van der Waals surface area contributed by atoms with Crippen LogP contribution in [0.3, 0.4) is 0 Å². The largest absolute Gasteiger partial charge is 0.349 e. The number of nitrogens with one attached hydrogen (secondary N) is 2. The lowest BCUT2D eigenvalue weighted by molar-refractivity contribution is -0.121. The summed E-state index contributed by atoms with van der Waals surface area (Å²) < 4.78 is 52.7. The molecule has 0 bridgehead atoms. The highest BCUT2D eigenvalue weighted by molar-refractivity contribution is 7.89. The van der Waals surface area contributed by atoms with Gasteiger partial charge in [-0.1, -0.05) is 37.3 Å². The van der Waals surface area contributed by atoms with E-state index >= 15 is 0 Å². The first-order valence-corrected chi connectivity index (χ1v) is 10.6. The van der Waals surface area contributed by atoms with E-state index in [4.69, 9.17) is 0 Å². The molecule has 1 aliphatic carbocycles. The SMILES string of the molecule is CC1CC1C(NC(=O)CCNS(=O)(=O)c1ccc(F)c(F)c1)c1ccccc1. The molecule has 0 radical (unpaired) electrons. The maximum atomic E-state index is 13.2. The molecule has 3 unspecified atom stereocenters. The van der Waals surface area contributed by atoms with E-state index in [2.05, 4.69) is 17.0 Å². The van der Waals surface area contributed by atoms with Crippen molar-refractivity contribution in [2.45, 2.75) is 30.7 Å². The van der Waals surface area contributed by atoms with Crippen LogP contribution in [0.2, 0.25) is 0 Å². The predicted molar refractivity (Wildman–Crippen MR) is 101 cm³/mol. The Hall–Kier alpha value is -2.32. The summed E-state index contributed by atoms with van der Waals surface area (Å²) in [5.74, 6) is -1.76. The van der Waals surface area contributed by atoms with Crippen LogP contribution in [0.5, 0.6) is 0 Å². The maximum Gasteiger partial charge on any atom is 0.240 e. The molecule has 3 atom stereocenters. The first-order chi connectivity index (χ1) is 13.3. The number of hydrogen-bond acceptors (Lipinski definition) is 3. The molecule has 5 nitrogen and oxygen atoms in total. The van der Waals surface area contributed by atoms with Crippen LogP contribution in [-0.2, 0) is 14.8 Å². The van der Waals surface area contributed by atoms with Crippen LogP contribution in [0.25, 0.3) is 0 Å². The van der Waals surface area contributed by atoms with Gasteiger partial charge in [-0.15, -0.1) is 0 Å². The quantitative estimate of drug-likeness (QED) is 0.705. The number of amides is 1. The average molecular weight is 408 g/mol. The second-order valence-corrected chi connectivity index (χ2v) is 8.82. The normalized spacial score (nSPS) is 19.8. The van der Waals surface area contributed by atoms with Gasteiger partial charge in [0.05, 0.1) is 10.9 Å². The Morgan fingerprint density at radius 1 is 1.14 bits per heavy atom. The summed E-state index contributed by atoms with van der Waals surface area (Å²) in [5, 5.41) is 2.98. The van der Waals surface area contributed by atoms with Gasteiger partial charge in [-0.2, -0.15) is 0 Å². The molecule has 1 fully saturated rings. The molecular weight excluding hydrogens is 386 g/mol.